The molecule has 0 atom stereocenters. The Morgan fingerprint density at radius 3 is 1.62 bits per heavy atom. The van der Waals surface area contributed by atoms with Crippen LogP contribution in [0.25, 0.3) is 0 Å². The quantitative estimate of drug-likeness (QED) is 0.494. The number of allylic oxidation sites excluding steroid dienone is 2. The van der Waals surface area contributed by atoms with E-state index in [1.807, 2.05) is 13.8 Å². The van der Waals surface area contributed by atoms with Gasteiger partial charge >= 0.3 is 0 Å². The van der Waals surface area contributed by atoms with E-state index in [4.69, 9.17) is 0 Å². The molecular weight excluding hydrogens is 103 g/mol. The van der Waals surface area contributed by atoms with Gasteiger partial charge in [-0.05, 0) is 19.4 Å². The van der Waals surface area contributed by atoms with Gasteiger partial charge in [0.1, 0.15) is 5.83 Å². The molecule has 0 N–H and O–H groups in total. The highest BCUT2D eigenvalue weighted by atomic mass is 19.1. The lowest BCUT2D eigenvalue weighted by molar-refractivity contribution is 0.509. The lowest BCUT2D eigenvalue weighted by Crippen LogP contribution is -1.88. The second kappa shape index (κ2) is 2.85. The van der Waals surface area contributed by atoms with Crippen molar-refractivity contribution < 1.29 is 4.39 Å². The van der Waals surface area contributed by atoms with Gasteiger partial charge in [-0.3, -0.25) is 0 Å². The molecule has 0 amide bonds. The van der Waals surface area contributed by atoms with E-state index in [2.05, 4.69) is 0 Å². The molecule has 0 aromatic carbocycles. The summed E-state index contributed by atoms with van der Waals surface area (Å²) in [5, 5.41) is 0. The first-order valence-electron chi connectivity index (χ1n) is 2.88. The third-order valence-electron chi connectivity index (χ3n) is 0.985. The fourth-order valence-electron chi connectivity index (χ4n) is 0.577. The summed E-state index contributed by atoms with van der Waals surface area (Å²) >= 11 is 0. The molecule has 0 aliphatic rings. The van der Waals surface area contributed by atoms with Crippen molar-refractivity contribution in [2.45, 2.75) is 27.7 Å². The molecule has 0 aromatic heterocycles. The Morgan fingerprint density at radius 2 is 1.62 bits per heavy atom. The van der Waals surface area contributed by atoms with Crippen molar-refractivity contribution in [3.8, 4) is 0 Å². The van der Waals surface area contributed by atoms with E-state index in [9.17, 15) is 4.39 Å². The summed E-state index contributed by atoms with van der Waals surface area (Å²) in [5.41, 5.74) is 0.792. The molecule has 0 bridgehead atoms. The van der Waals surface area contributed by atoms with E-state index in [-0.39, 0.29) is 11.7 Å². The molecule has 0 aliphatic carbocycles. The van der Waals surface area contributed by atoms with Gasteiger partial charge in [-0.1, -0.05) is 13.8 Å². The van der Waals surface area contributed by atoms with Gasteiger partial charge in [-0.15, -0.1) is 0 Å². The van der Waals surface area contributed by atoms with E-state index >= 15 is 0 Å². The Kier molecular flexibility index (Phi) is 2.74. The summed E-state index contributed by atoms with van der Waals surface area (Å²) < 4.78 is 12.5. The van der Waals surface area contributed by atoms with Gasteiger partial charge in [-0.25, -0.2) is 4.39 Å². The van der Waals surface area contributed by atoms with Gasteiger partial charge in [-0.2, -0.15) is 0 Å². The molecular formula is C7H13F. The summed E-state index contributed by atoms with van der Waals surface area (Å²) in [4.78, 5) is 0. The van der Waals surface area contributed by atoms with Crippen LogP contribution < -0.4 is 0 Å². The molecule has 0 fully saturated rings. The van der Waals surface area contributed by atoms with E-state index in [0.717, 1.165) is 5.57 Å². The molecule has 0 spiro atoms. The number of halogens is 1. The summed E-state index contributed by atoms with van der Waals surface area (Å²) in [5.74, 6) is 0.0741. The summed E-state index contributed by atoms with van der Waals surface area (Å²) in [6, 6.07) is 0. The van der Waals surface area contributed by atoms with E-state index in [1.165, 1.54) is 0 Å². The molecule has 0 saturated heterocycles. The molecule has 48 valence electrons. The zero-order valence-electron chi connectivity index (χ0n) is 5.96. The summed E-state index contributed by atoms with van der Waals surface area (Å²) in [6.45, 7) is 7.27. The molecule has 8 heavy (non-hydrogen) atoms. The van der Waals surface area contributed by atoms with Crippen LogP contribution >= 0.6 is 0 Å². The van der Waals surface area contributed by atoms with Gasteiger partial charge < -0.3 is 0 Å². The van der Waals surface area contributed by atoms with Crippen LogP contribution in [0.15, 0.2) is 11.4 Å². The van der Waals surface area contributed by atoms with Crippen molar-refractivity contribution in [2.24, 2.45) is 5.92 Å². The van der Waals surface area contributed by atoms with Crippen LogP contribution in [0.5, 0.6) is 0 Å². The van der Waals surface area contributed by atoms with Crippen molar-refractivity contribution in [3.63, 3.8) is 0 Å². The van der Waals surface area contributed by atoms with Crippen molar-refractivity contribution in [3.05, 3.63) is 11.4 Å². The van der Waals surface area contributed by atoms with Crippen molar-refractivity contribution >= 4 is 0 Å². The van der Waals surface area contributed by atoms with Gasteiger partial charge in [0, 0.05) is 5.92 Å². The van der Waals surface area contributed by atoms with Crippen LogP contribution in [-0.4, -0.2) is 0 Å². The van der Waals surface area contributed by atoms with Crippen molar-refractivity contribution in [1.82, 2.24) is 0 Å². The van der Waals surface area contributed by atoms with Crippen LogP contribution in [-0.2, 0) is 0 Å². The maximum absolute atomic E-state index is 12.5. The standard InChI is InChI=1S/C7H13F/c1-5(2)7(8)6(3)4/h5H,1-4H3. The molecule has 0 heterocycles. The van der Waals surface area contributed by atoms with Gasteiger partial charge in [0.25, 0.3) is 0 Å². The normalized spacial score (nSPS) is 9.75. The molecule has 0 rings (SSSR count). The van der Waals surface area contributed by atoms with Gasteiger partial charge in [0.2, 0.25) is 0 Å². The first kappa shape index (κ1) is 7.67. The van der Waals surface area contributed by atoms with E-state index in [1.54, 1.807) is 13.8 Å². The van der Waals surface area contributed by atoms with E-state index in [0.29, 0.717) is 0 Å². The minimum atomic E-state index is 0.0185. The average Bonchev–Trinajstić information content (AvgIpc) is 1.64. The average molecular weight is 116 g/mol. The Balaban J connectivity index is 4.00. The monoisotopic (exact) mass is 116 g/mol. The second-order valence-corrected chi connectivity index (χ2v) is 2.50. The third-order valence-corrected chi connectivity index (χ3v) is 0.985. The Hall–Kier alpha value is -0.330. The minimum absolute atomic E-state index is 0.0185. The fourth-order valence-corrected chi connectivity index (χ4v) is 0.577. The number of rotatable bonds is 1. The highest BCUT2D eigenvalue weighted by molar-refractivity contribution is 5.03. The molecule has 0 nitrogen and oxygen atoms in total. The predicted octanol–water partition coefficient (Wildman–Crippen LogP) is 2.91. The van der Waals surface area contributed by atoms with Gasteiger partial charge in [0.15, 0.2) is 0 Å². The topological polar surface area (TPSA) is 0 Å². The lowest BCUT2D eigenvalue weighted by atomic mass is 10.1. The highest BCUT2D eigenvalue weighted by Gasteiger charge is 2.00. The predicted molar refractivity (Wildman–Crippen MR) is 34.3 cm³/mol. The van der Waals surface area contributed by atoms with Crippen LogP contribution in [0.1, 0.15) is 27.7 Å². The molecule has 0 saturated carbocycles. The van der Waals surface area contributed by atoms with Crippen LogP contribution in [0.4, 0.5) is 4.39 Å². The second-order valence-electron chi connectivity index (χ2n) is 2.50. The molecule has 0 aliphatic heterocycles. The minimum Gasteiger partial charge on any atom is -0.212 e. The Labute approximate surface area is 50.4 Å². The first-order chi connectivity index (χ1) is 3.55. The maximum atomic E-state index is 12.5. The molecule has 1 heteroatoms. The van der Waals surface area contributed by atoms with Crippen molar-refractivity contribution in [1.29, 1.82) is 0 Å². The molecule has 0 unspecified atom stereocenters. The lowest BCUT2D eigenvalue weighted by Gasteiger charge is -2.00. The van der Waals surface area contributed by atoms with Crippen LogP contribution in [0, 0.1) is 5.92 Å². The van der Waals surface area contributed by atoms with Crippen LogP contribution in [0.2, 0.25) is 0 Å². The van der Waals surface area contributed by atoms with Gasteiger partial charge in [0.05, 0.1) is 0 Å². The Morgan fingerprint density at radius 1 is 1.25 bits per heavy atom. The molecule has 0 aromatic rings. The Bertz CT molecular complexity index is 97.0. The first-order valence-corrected chi connectivity index (χ1v) is 2.88. The number of hydrogen-bond donors (Lipinski definition) is 0. The largest absolute Gasteiger partial charge is 0.212 e. The number of hydrogen-bond acceptors (Lipinski definition) is 0. The third kappa shape index (κ3) is 2.10. The molecule has 0 radical (unpaired) electrons. The summed E-state index contributed by atoms with van der Waals surface area (Å²) in [7, 11) is 0. The fraction of sp³-hybridized carbons (Fsp3) is 0.714. The maximum Gasteiger partial charge on any atom is 0.101 e. The smallest absolute Gasteiger partial charge is 0.101 e. The summed E-state index contributed by atoms with van der Waals surface area (Å²) in [6.07, 6.45) is 0. The highest BCUT2D eigenvalue weighted by Crippen LogP contribution is 2.14. The SMILES string of the molecule is CC(C)=C(F)C(C)C. The van der Waals surface area contributed by atoms with E-state index < -0.39 is 0 Å². The van der Waals surface area contributed by atoms with Crippen LogP contribution in [0.3, 0.4) is 0 Å². The zero-order valence-corrected chi connectivity index (χ0v) is 5.96. The van der Waals surface area contributed by atoms with Crippen molar-refractivity contribution in [2.75, 3.05) is 0 Å². The zero-order chi connectivity index (χ0) is 6.73.